The molecular formula is C21H18N6O2S. The Morgan fingerprint density at radius 3 is 2.73 bits per heavy atom. The van der Waals surface area contributed by atoms with E-state index in [1.54, 1.807) is 43.3 Å². The molecule has 8 nitrogen and oxygen atoms in total. The van der Waals surface area contributed by atoms with Gasteiger partial charge in [0.15, 0.2) is 0 Å². The predicted octanol–water partition coefficient (Wildman–Crippen LogP) is 3.61. The highest BCUT2D eigenvalue weighted by Gasteiger charge is 2.24. The first kappa shape index (κ1) is 19.5. The molecule has 9 heteroatoms. The summed E-state index contributed by atoms with van der Waals surface area (Å²) in [6, 6.07) is 12.4. The number of aryl methyl sites for hydroxylation is 1. The summed E-state index contributed by atoms with van der Waals surface area (Å²) in [5.41, 5.74) is 2.45. The van der Waals surface area contributed by atoms with E-state index in [-0.39, 0.29) is 17.9 Å². The molecule has 0 unspecified atom stereocenters. The number of hydrogen-bond donors (Lipinski definition) is 3. The first-order chi connectivity index (χ1) is 14.5. The molecule has 0 atom stereocenters. The van der Waals surface area contributed by atoms with Crippen LogP contribution in [-0.2, 0) is 0 Å². The van der Waals surface area contributed by atoms with Crippen molar-refractivity contribution < 1.29 is 9.59 Å². The van der Waals surface area contributed by atoms with E-state index in [4.69, 9.17) is 5.26 Å². The van der Waals surface area contributed by atoms with Gasteiger partial charge in [-0.25, -0.2) is 4.98 Å². The van der Waals surface area contributed by atoms with Crippen LogP contribution >= 0.6 is 11.5 Å². The number of aromatic nitrogens is 2. The monoisotopic (exact) mass is 418 g/mol. The molecule has 0 radical (unpaired) electrons. The van der Waals surface area contributed by atoms with Crippen molar-refractivity contribution in [1.29, 1.82) is 5.26 Å². The van der Waals surface area contributed by atoms with Crippen molar-refractivity contribution in [3.8, 4) is 6.07 Å². The zero-order valence-corrected chi connectivity index (χ0v) is 16.9. The van der Waals surface area contributed by atoms with Crippen LogP contribution in [0.15, 0.2) is 42.6 Å². The van der Waals surface area contributed by atoms with Crippen molar-refractivity contribution in [1.82, 2.24) is 14.7 Å². The molecule has 0 spiro atoms. The van der Waals surface area contributed by atoms with Crippen molar-refractivity contribution in [2.45, 2.75) is 25.8 Å². The first-order valence-electron chi connectivity index (χ1n) is 9.35. The van der Waals surface area contributed by atoms with Gasteiger partial charge in [-0.1, -0.05) is 6.07 Å². The van der Waals surface area contributed by atoms with Crippen molar-refractivity contribution in [3.05, 3.63) is 65.0 Å². The number of rotatable bonds is 6. The molecule has 2 amide bonds. The van der Waals surface area contributed by atoms with Crippen LogP contribution in [-0.4, -0.2) is 27.2 Å². The SMILES string of the molecule is Cc1nsc(Nc2ccc(C#N)cn2)c1C(=O)Nc1cccc(C(=O)NC2CC2)c1. The van der Waals surface area contributed by atoms with Gasteiger partial charge in [-0.05, 0) is 61.6 Å². The van der Waals surface area contributed by atoms with Crippen LogP contribution in [0, 0.1) is 18.3 Å². The van der Waals surface area contributed by atoms with Gasteiger partial charge in [-0.3, -0.25) is 9.59 Å². The lowest BCUT2D eigenvalue weighted by atomic mass is 10.1. The van der Waals surface area contributed by atoms with Gasteiger partial charge in [-0.2, -0.15) is 9.64 Å². The average molecular weight is 418 g/mol. The van der Waals surface area contributed by atoms with E-state index in [1.165, 1.54) is 6.20 Å². The zero-order chi connectivity index (χ0) is 21.1. The molecule has 30 heavy (non-hydrogen) atoms. The minimum absolute atomic E-state index is 0.142. The van der Waals surface area contributed by atoms with E-state index < -0.39 is 0 Å². The number of hydrogen-bond acceptors (Lipinski definition) is 7. The number of nitrogens with zero attached hydrogens (tertiary/aromatic N) is 3. The fourth-order valence-corrected chi connectivity index (χ4v) is 3.60. The molecular weight excluding hydrogens is 400 g/mol. The van der Waals surface area contributed by atoms with Gasteiger partial charge < -0.3 is 16.0 Å². The van der Waals surface area contributed by atoms with Gasteiger partial charge in [0.2, 0.25) is 0 Å². The first-order valence-corrected chi connectivity index (χ1v) is 10.1. The highest BCUT2D eigenvalue weighted by Crippen LogP contribution is 2.28. The van der Waals surface area contributed by atoms with E-state index in [0.717, 1.165) is 24.4 Å². The molecule has 1 aliphatic carbocycles. The fraction of sp³-hybridized carbons (Fsp3) is 0.190. The molecule has 3 N–H and O–H groups in total. The summed E-state index contributed by atoms with van der Waals surface area (Å²) in [7, 11) is 0. The molecule has 4 rings (SSSR count). The maximum Gasteiger partial charge on any atom is 0.260 e. The molecule has 0 bridgehead atoms. The third-order valence-corrected chi connectivity index (χ3v) is 5.37. The third-order valence-electron chi connectivity index (χ3n) is 4.52. The van der Waals surface area contributed by atoms with Crippen LogP contribution in [0.1, 0.15) is 44.8 Å². The van der Waals surface area contributed by atoms with Gasteiger partial charge >= 0.3 is 0 Å². The summed E-state index contributed by atoms with van der Waals surface area (Å²) in [5.74, 6) is 0.0267. The second-order valence-corrected chi connectivity index (χ2v) is 7.70. The Labute approximate surface area is 177 Å². The Hall–Kier alpha value is -3.77. The highest BCUT2D eigenvalue weighted by atomic mass is 32.1. The van der Waals surface area contributed by atoms with Crippen LogP contribution in [0.3, 0.4) is 0 Å². The smallest absolute Gasteiger partial charge is 0.260 e. The lowest BCUT2D eigenvalue weighted by Crippen LogP contribution is -2.25. The van der Waals surface area contributed by atoms with Crippen LogP contribution in [0.4, 0.5) is 16.5 Å². The number of anilines is 3. The standard InChI is InChI=1S/C21H18N6O2S/c1-12-18(21(30-27-12)26-17-8-5-13(10-22)11-23-17)20(29)25-16-4-2-3-14(9-16)19(28)24-15-6-7-15/h2-5,8-9,11,15H,6-7H2,1H3,(H,23,26)(H,24,28)(H,25,29). The lowest BCUT2D eigenvalue weighted by Gasteiger charge is -2.10. The zero-order valence-electron chi connectivity index (χ0n) is 16.1. The lowest BCUT2D eigenvalue weighted by molar-refractivity contribution is 0.0949. The summed E-state index contributed by atoms with van der Waals surface area (Å²) in [4.78, 5) is 29.3. The number of nitrogens with one attached hydrogen (secondary N) is 3. The van der Waals surface area contributed by atoms with Crippen LogP contribution < -0.4 is 16.0 Å². The molecule has 2 aromatic heterocycles. The summed E-state index contributed by atoms with van der Waals surface area (Å²) >= 11 is 1.15. The molecule has 1 aliphatic rings. The third kappa shape index (κ3) is 4.45. The van der Waals surface area contributed by atoms with E-state index in [9.17, 15) is 9.59 Å². The van der Waals surface area contributed by atoms with Crippen LogP contribution in [0.25, 0.3) is 0 Å². The van der Waals surface area contributed by atoms with Crippen molar-refractivity contribution >= 4 is 39.9 Å². The quantitative estimate of drug-likeness (QED) is 0.563. The minimum Gasteiger partial charge on any atom is -0.349 e. The average Bonchev–Trinajstić information content (AvgIpc) is 3.49. The normalized spacial score (nSPS) is 12.7. The largest absolute Gasteiger partial charge is 0.349 e. The van der Waals surface area contributed by atoms with Crippen LogP contribution in [0.2, 0.25) is 0 Å². The predicted molar refractivity (Wildman–Crippen MR) is 114 cm³/mol. The summed E-state index contributed by atoms with van der Waals surface area (Å²) in [6.45, 7) is 1.75. The Morgan fingerprint density at radius 2 is 2.03 bits per heavy atom. The number of pyridine rings is 1. The van der Waals surface area contributed by atoms with Crippen molar-refractivity contribution in [3.63, 3.8) is 0 Å². The molecule has 1 fully saturated rings. The molecule has 150 valence electrons. The summed E-state index contributed by atoms with van der Waals surface area (Å²) < 4.78 is 4.27. The molecule has 2 heterocycles. The van der Waals surface area contributed by atoms with Gasteiger partial charge in [0, 0.05) is 23.5 Å². The molecule has 0 aliphatic heterocycles. The minimum atomic E-state index is -0.336. The van der Waals surface area contributed by atoms with Crippen molar-refractivity contribution in [2.75, 3.05) is 10.6 Å². The van der Waals surface area contributed by atoms with Crippen LogP contribution in [0.5, 0.6) is 0 Å². The van der Waals surface area contributed by atoms with Gasteiger partial charge in [0.05, 0.1) is 16.8 Å². The number of carbonyl (C=O) groups excluding carboxylic acids is 2. The second kappa shape index (κ2) is 8.31. The number of benzene rings is 1. The number of nitriles is 1. The topological polar surface area (TPSA) is 120 Å². The Bertz CT molecular complexity index is 1150. The number of carbonyl (C=O) groups is 2. The Kier molecular flexibility index (Phi) is 5.41. The van der Waals surface area contributed by atoms with Crippen molar-refractivity contribution in [2.24, 2.45) is 0 Å². The maximum atomic E-state index is 12.9. The maximum absolute atomic E-state index is 12.9. The molecule has 1 aromatic carbocycles. The summed E-state index contributed by atoms with van der Waals surface area (Å²) in [6.07, 6.45) is 3.47. The number of amides is 2. The second-order valence-electron chi connectivity index (χ2n) is 6.92. The Balaban J connectivity index is 1.50. The Morgan fingerprint density at radius 1 is 1.20 bits per heavy atom. The van der Waals surface area contributed by atoms with Gasteiger partial charge in [-0.15, -0.1) is 0 Å². The molecule has 1 saturated carbocycles. The summed E-state index contributed by atoms with van der Waals surface area (Å²) in [5, 5.41) is 18.3. The molecule has 0 saturated heterocycles. The fourth-order valence-electron chi connectivity index (χ4n) is 2.80. The van der Waals surface area contributed by atoms with Gasteiger partial charge in [0.25, 0.3) is 11.8 Å². The highest BCUT2D eigenvalue weighted by molar-refractivity contribution is 7.10. The van der Waals surface area contributed by atoms with E-state index >= 15 is 0 Å². The molecule has 3 aromatic rings. The van der Waals surface area contributed by atoms with E-state index in [0.29, 0.717) is 38.9 Å². The van der Waals surface area contributed by atoms with E-state index in [1.807, 2.05) is 6.07 Å². The van der Waals surface area contributed by atoms with Gasteiger partial charge in [0.1, 0.15) is 16.9 Å². The van der Waals surface area contributed by atoms with E-state index in [2.05, 4.69) is 25.3 Å².